The van der Waals surface area contributed by atoms with Crippen molar-refractivity contribution in [3.63, 3.8) is 0 Å². The number of rotatable bonds is 2. The van der Waals surface area contributed by atoms with Crippen molar-refractivity contribution >= 4 is 12.6 Å². The maximum atomic E-state index is 10.2. The minimum atomic E-state index is -0.944. The Morgan fingerprint density at radius 2 is 1.44 bits per heavy atom. The second-order valence-corrected chi connectivity index (χ2v) is 1.95. The van der Waals surface area contributed by atoms with Gasteiger partial charge in [0.15, 0.2) is 0 Å². The molecule has 0 bridgehead atoms. The Balaban J connectivity index is 2.94. The molecule has 0 amide bonds. The third-order valence-corrected chi connectivity index (χ3v) is 1.29. The van der Waals surface area contributed by atoms with Crippen LogP contribution in [0.4, 0.5) is 0 Å². The summed E-state index contributed by atoms with van der Waals surface area (Å²) in [6.07, 6.45) is 7.74. The normalized spacial score (nSPS) is 20.0. The fourth-order valence-corrected chi connectivity index (χ4v) is 0.685. The zero-order chi connectivity index (χ0) is 6.74. The Kier molecular flexibility index (Phi) is 1.30. The maximum absolute atomic E-state index is 10.2. The van der Waals surface area contributed by atoms with Crippen LogP contribution in [0.3, 0.4) is 0 Å². The molecule has 0 aromatic heterocycles. The van der Waals surface area contributed by atoms with Crippen LogP contribution >= 0.6 is 0 Å². The molecule has 46 valence electrons. The molecule has 0 heterocycles. The van der Waals surface area contributed by atoms with Crippen LogP contribution in [0, 0.1) is 5.41 Å². The molecule has 2 heteroatoms. The van der Waals surface area contributed by atoms with Crippen molar-refractivity contribution in [2.75, 3.05) is 0 Å². The second kappa shape index (κ2) is 1.97. The van der Waals surface area contributed by atoms with Crippen LogP contribution in [-0.2, 0) is 9.59 Å². The Bertz CT molecular complexity index is 167. The van der Waals surface area contributed by atoms with Gasteiger partial charge in [-0.05, 0) is 0 Å². The van der Waals surface area contributed by atoms with Gasteiger partial charge in [-0.15, -0.1) is 0 Å². The van der Waals surface area contributed by atoms with Gasteiger partial charge in [0.2, 0.25) is 0 Å². The lowest BCUT2D eigenvalue weighted by atomic mass is 9.95. The van der Waals surface area contributed by atoms with Gasteiger partial charge in [-0.25, -0.2) is 0 Å². The summed E-state index contributed by atoms with van der Waals surface area (Å²) < 4.78 is 0. The van der Waals surface area contributed by atoms with Gasteiger partial charge in [0.05, 0.1) is 0 Å². The van der Waals surface area contributed by atoms with E-state index in [1.54, 1.807) is 24.3 Å². The van der Waals surface area contributed by atoms with E-state index in [-0.39, 0.29) is 0 Å². The molecule has 0 N–H and O–H groups in total. The Hall–Kier alpha value is -1.18. The van der Waals surface area contributed by atoms with Gasteiger partial charge in [-0.3, -0.25) is 0 Å². The van der Waals surface area contributed by atoms with Gasteiger partial charge in [0, 0.05) is 0 Å². The zero-order valence-electron chi connectivity index (χ0n) is 4.78. The number of carbonyl (C=O) groups is 2. The fraction of sp³-hybridized carbons (Fsp3) is 0.143. The average molecular weight is 122 g/mol. The lowest BCUT2D eigenvalue weighted by molar-refractivity contribution is -0.120. The molecule has 0 fully saturated rings. The van der Waals surface area contributed by atoms with Crippen LogP contribution in [0.1, 0.15) is 0 Å². The first-order valence-corrected chi connectivity index (χ1v) is 2.63. The van der Waals surface area contributed by atoms with Crippen LogP contribution in [-0.4, -0.2) is 12.6 Å². The lowest BCUT2D eigenvalue weighted by Crippen LogP contribution is -2.15. The van der Waals surface area contributed by atoms with Crippen LogP contribution in [0.5, 0.6) is 0 Å². The van der Waals surface area contributed by atoms with E-state index in [1.165, 1.54) is 0 Å². The molecule has 0 atom stereocenters. The van der Waals surface area contributed by atoms with Gasteiger partial charge in [0.25, 0.3) is 0 Å². The van der Waals surface area contributed by atoms with Crippen LogP contribution in [0.25, 0.3) is 0 Å². The molecule has 0 spiro atoms. The molecule has 1 aliphatic rings. The molecule has 1 aliphatic carbocycles. The second-order valence-electron chi connectivity index (χ2n) is 1.95. The summed E-state index contributed by atoms with van der Waals surface area (Å²) in [6.45, 7) is 0. The first kappa shape index (κ1) is 5.95. The minimum absolute atomic E-state index is 0.625. The van der Waals surface area contributed by atoms with E-state index in [0.29, 0.717) is 12.6 Å². The SMILES string of the molecule is O=CC1(C=O)C=CC=C1. The number of carbonyl (C=O) groups excluding carboxylic acids is 2. The number of aldehydes is 2. The molecule has 1 rings (SSSR count). The van der Waals surface area contributed by atoms with Crippen LogP contribution in [0.15, 0.2) is 24.3 Å². The first-order valence-electron chi connectivity index (χ1n) is 2.63. The maximum Gasteiger partial charge on any atom is 0.140 e. The first-order chi connectivity index (χ1) is 4.33. The van der Waals surface area contributed by atoms with Gasteiger partial charge in [-0.2, -0.15) is 0 Å². The number of allylic oxidation sites excluding steroid dienone is 4. The van der Waals surface area contributed by atoms with Crippen molar-refractivity contribution in [1.82, 2.24) is 0 Å². The largest absolute Gasteiger partial charge is 0.302 e. The van der Waals surface area contributed by atoms with E-state index in [9.17, 15) is 9.59 Å². The van der Waals surface area contributed by atoms with Crippen molar-refractivity contribution in [2.24, 2.45) is 5.41 Å². The van der Waals surface area contributed by atoms with E-state index < -0.39 is 5.41 Å². The lowest BCUT2D eigenvalue weighted by Gasteiger charge is -2.04. The van der Waals surface area contributed by atoms with Crippen molar-refractivity contribution in [3.8, 4) is 0 Å². The smallest absolute Gasteiger partial charge is 0.140 e. The molecular weight excluding hydrogens is 116 g/mol. The van der Waals surface area contributed by atoms with Crippen molar-refractivity contribution in [2.45, 2.75) is 0 Å². The molecule has 0 aliphatic heterocycles. The van der Waals surface area contributed by atoms with Crippen LogP contribution < -0.4 is 0 Å². The third-order valence-electron chi connectivity index (χ3n) is 1.29. The summed E-state index contributed by atoms with van der Waals surface area (Å²) in [7, 11) is 0. The van der Waals surface area contributed by atoms with Crippen LogP contribution in [0.2, 0.25) is 0 Å². The van der Waals surface area contributed by atoms with Gasteiger partial charge in [0.1, 0.15) is 18.0 Å². The summed E-state index contributed by atoms with van der Waals surface area (Å²) in [6, 6.07) is 0. The van der Waals surface area contributed by atoms with E-state index >= 15 is 0 Å². The standard InChI is InChI=1S/C7H6O2/c8-5-7(6-9)3-1-2-4-7/h1-6H. The Labute approximate surface area is 52.9 Å². The molecule has 0 saturated heterocycles. The summed E-state index contributed by atoms with van der Waals surface area (Å²) in [5.74, 6) is 0. The summed E-state index contributed by atoms with van der Waals surface area (Å²) in [5.41, 5.74) is -0.944. The number of hydrogen-bond donors (Lipinski definition) is 0. The van der Waals surface area contributed by atoms with E-state index in [1.807, 2.05) is 0 Å². The minimum Gasteiger partial charge on any atom is -0.302 e. The third kappa shape index (κ3) is 0.830. The van der Waals surface area contributed by atoms with Crippen molar-refractivity contribution in [1.29, 1.82) is 0 Å². The molecule has 0 radical (unpaired) electrons. The molecule has 2 nitrogen and oxygen atoms in total. The highest BCUT2D eigenvalue weighted by molar-refractivity contribution is 5.90. The number of hydrogen-bond acceptors (Lipinski definition) is 2. The predicted octanol–water partition coefficient (Wildman–Crippen LogP) is 0.497. The molecule has 0 aromatic rings. The zero-order valence-corrected chi connectivity index (χ0v) is 4.78. The monoisotopic (exact) mass is 122 g/mol. The highest BCUT2D eigenvalue weighted by Crippen LogP contribution is 2.19. The van der Waals surface area contributed by atoms with Gasteiger partial charge < -0.3 is 9.59 Å². The summed E-state index contributed by atoms with van der Waals surface area (Å²) in [4.78, 5) is 20.5. The average Bonchev–Trinajstić information content (AvgIpc) is 2.36. The fourth-order valence-electron chi connectivity index (χ4n) is 0.685. The molecule has 0 unspecified atom stereocenters. The Morgan fingerprint density at radius 1 is 1.00 bits per heavy atom. The highest BCUT2D eigenvalue weighted by atomic mass is 16.1. The van der Waals surface area contributed by atoms with Crippen molar-refractivity contribution in [3.05, 3.63) is 24.3 Å². The van der Waals surface area contributed by atoms with E-state index in [0.717, 1.165) is 0 Å². The topological polar surface area (TPSA) is 34.1 Å². The predicted molar refractivity (Wildman–Crippen MR) is 32.8 cm³/mol. The molecule has 0 saturated carbocycles. The van der Waals surface area contributed by atoms with Gasteiger partial charge >= 0.3 is 0 Å². The van der Waals surface area contributed by atoms with E-state index in [2.05, 4.69) is 0 Å². The van der Waals surface area contributed by atoms with Crippen molar-refractivity contribution < 1.29 is 9.59 Å². The Morgan fingerprint density at radius 3 is 1.67 bits per heavy atom. The summed E-state index contributed by atoms with van der Waals surface area (Å²) >= 11 is 0. The van der Waals surface area contributed by atoms with E-state index in [4.69, 9.17) is 0 Å². The van der Waals surface area contributed by atoms with Gasteiger partial charge in [-0.1, -0.05) is 24.3 Å². The molecule has 9 heavy (non-hydrogen) atoms. The quantitative estimate of drug-likeness (QED) is 0.394. The summed E-state index contributed by atoms with van der Waals surface area (Å²) in [5, 5.41) is 0. The highest BCUT2D eigenvalue weighted by Gasteiger charge is 2.23. The molecular formula is C7H6O2. The molecule has 0 aromatic carbocycles.